The fourth-order valence-corrected chi connectivity index (χ4v) is 4.85. The Hall–Kier alpha value is -2.93. The number of carbonyl (C=O) groups excluding carboxylic acids is 1. The van der Waals surface area contributed by atoms with Crippen molar-refractivity contribution in [1.82, 2.24) is 25.0 Å². The van der Waals surface area contributed by atoms with E-state index in [2.05, 4.69) is 46.6 Å². The van der Waals surface area contributed by atoms with Gasteiger partial charge in [-0.25, -0.2) is 4.98 Å². The van der Waals surface area contributed by atoms with Crippen LogP contribution in [0.2, 0.25) is 0 Å². The first-order valence-corrected chi connectivity index (χ1v) is 11.5. The Morgan fingerprint density at radius 1 is 1.16 bits per heavy atom. The van der Waals surface area contributed by atoms with E-state index in [4.69, 9.17) is 9.72 Å². The number of likely N-dealkylation sites (tertiary alicyclic amines) is 1. The second-order valence-corrected chi connectivity index (χ2v) is 9.34. The van der Waals surface area contributed by atoms with Crippen molar-refractivity contribution in [3.8, 4) is 17.1 Å². The van der Waals surface area contributed by atoms with E-state index in [0.717, 1.165) is 35.2 Å². The summed E-state index contributed by atoms with van der Waals surface area (Å²) in [5.41, 5.74) is 4.18. The lowest BCUT2D eigenvalue weighted by molar-refractivity contribution is -0.119. The minimum absolute atomic E-state index is 0.0865. The highest BCUT2D eigenvalue weighted by molar-refractivity contribution is 5.86. The lowest BCUT2D eigenvalue weighted by Gasteiger charge is -2.29. The second kappa shape index (κ2) is 8.54. The maximum atomic E-state index is 11.6. The third kappa shape index (κ3) is 4.21. The van der Waals surface area contributed by atoms with E-state index in [9.17, 15) is 4.79 Å². The highest BCUT2D eigenvalue weighted by Crippen LogP contribution is 2.33. The summed E-state index contributed by atoms with van der Waals surface area (Å²) in [4.78, 5) is 18.9. The Morgan fingerprint density at radius 2 is 1.91 bits per heavy atom. The standard InChI is InChI=1S/C25H31N5O2/c1-16(20-12-24(31)26-14-20)32-25-21-15-30(3)28-23(21)13-22(27-25)19-6-4-17(5-7-19)18-8-10-29(2)11-9-18/h4-7,13,15-16,18,20H,8-12,14H2,1-3H3,(H,26,31). The Labute approximate surface area is 188 Å². The quantitative estimate of drug-likeness (QED) is 0.668. The first-order chi connectivity index (χ1) is 15.5. The van der Waals surface area contributed by atoms with E-state index in [1.54, 1.807) is 4.68 Å². The van der Waals surface area contributed by atoms with Gasteiger partial charge in [-0.15, -0.1) is 0 Å². The van der Waals surface area contributed by atoms with Crippen LogP contribution in [-0.4, -0.2) is 58.4 Å². The van der Waals surface area contributed by atoms with Crippen molar-refractivity contribution in [3.05, 3.63) is 42.1 Å². The predicted octanol–water partition coefficient (Wildman–Crippen LogP) is 3.35. The Morgan fingerprint density at radius 3 is 2.59 bits per heavy atom. The molecule has 3 aromatic rings. The molecular weight excluding hydrogens is 402 g/mol. The molecule has 1 aromatic carbocycles. The molecule has 4 heterocycles. The van der Waals surface area contributed by atoms with Crippen LogP contribution in [0.25, 0.3) is 22.2 Å². The van der Waals surface area contributed by atoms with Crippen molar-refractivity contribution >= 4 is 16.8 Å². The first-order valence-electron chi connectivity index (χ1n) is 11.5. The number of pyridine rings is 1. The van der Waals surface area contributed by atoms with Gasteiger partial charge < -0.3 is 15.0 Å². The summed E-state index contributed by atoms with van der Waals surface area (Å²) in [5.74, 6) is 1.45. The van der Waals surface area contributed by atoms with Crippen molar-refractivity contribution in [1.29, 1.82) is 0 Å². The monoisotopic (exact) mass is 433 g/mol. The summed E-state index contributed by atoms with van der Waals surface area (Å²) in [6.45, 7) is 4.98. The van der Waals surface area contributed by atoms with E-state index in [0.29, 0.717) is 24.8 Å². The van der Waals surface area contributed by atoms with Gasteiger partial charge in [-0.05, 0) is 57.5 Å². The number of aromatic nitrogens is 3. The molecule has 2 aliphatic heterocycles. The average Bonchev–Trinajstić information content (AvgIpc) is 3.39. The molecule has 7 heteroatoms. The van der Waals surface area contributed by atoms with Crippen LogP contribution in [0.5, 0.6) is 5.88 Å². The molecule has 0 radical (unpaired) electrons. The number of rotatable bonds is 5. The van der Waals surface area contributed by atoms with Crippen LogP contribution in [0.4, 0.5) is 0 Å². The third-order valence-electron chi connectivity index (χ3n) is 6.95. The Kier molecular flexibility index (Phi) is 5.59. The number of aryl methyl sites for hydroxylation is 1. The van der Waals surface area contributed by atoms with Gasteiger partial charge in [-0.3, -0.25) is 9.48 Å². The van der Waals surface area contributed by atoms with Gasteiger partial charge in [0.15, 0.2) is 0 Å². The van der Waals surface area contributed by atoms with Crippen molar-refractivity contribution < 1.29 is 9.53 Å². The molecule has 32 heavy (non-hydrogen) atoms. The van der Waals surface area contributed by atoms with Crippen molar-refractivity contribution in [2.24, 2.45) is 13.0 Å². The third-order valence-corrected chi connectivity index (χ3v) is 6.95. The molecule has 168 valence electrons. The molecule has 2 fully saturated rings. The summed E-state index contributed by atoms with van der Waals surface area (Å²) >= 11 is 0. The maximum absolute atomic E-state index is 11.6. The number of benzene rings is 1. The number of fused-ring (bicyclic) bond motifs is 1. The minimum atomic E-state index is -0.119. The minimum Gasteiger partial charge on any atom is -0.474 e. The van der Waals surface area contributed by atoms with E-state index < -0.39 is 0 Å². The molecule has 0 spiro atoms. The van der Waals surface area contributed by atoms with E-state index in [1.165, 1.54) is 18.4 Å². The molecule has 7 nitrogen and oxygen atoms in total. The smallest absolute Gasteiger partial charge is 0.225 e. The fourth-order valence-electron chi connectivity index (χ4n) is 4.85. The molecule has 2 aliphatic rings. The van der Waals surface area contributed by atoms with Crippen LogP contribution in [-0.2, 0) is 11.8 Å². The predicted molar refractivity (Wildman–Crippen MR) is 125 cm³/mol. The van der Waals surface area contributed by atoms with Crippen LogP contribution in [0, 0.1) is 5.92 Å². The van der Waals surface area contributed by atoms with Crippen LogP contribution in [0.3, 0.4) is 0 Å². The van der Waals surface area contributed by atoms with Crippen LogP contribution < -0.4 is 10.1 Å². The molecule has 0 aliphatic carbocycles. The van der Waals surface area contributed by atoms with Crippen molar-refractivity contribution in [2.45, 2.75) is 38.2 Å². The van der Waals surface area contributed by atoms with E-state index in [1.807, 2.05) is 26.2 Å². The van der Waals surface area contributed by atoms with E-state index >= 15 is 0 Å². The topological polar surface area (TPSA) is 72.3 Å². The van der Waals surface area contributed by atoms with E-state index in [-0.39, 0.29) is 17.9 Å². The zero-order chi connectivity index (χ0) is 22.2. The van der Waals surface area contributed by atoms with Crippen LogP contribution in [0.15, 0.2) is 36.5 Å². The molecule has 2 unspecified atom stereocenters. The molecule has 0 bridgehead atoms. The first kappa shape index (κ1) is 20.9. The van der Waals surface area contributed by atoms with Crippen LogP contribution >= 0.6 is 0 Å². The number of hydrogen-bond acceptors (Lipinski definition) is 5. The lowest BCUT2D eigenvalue weighted by Crippen LogP contribution is -2.29. The number of hydrogen-bond donors (Lipinski definition) is 1. The molecule has 5 rings (SSSR count). The van der Waals surface area contributed by atoms with Gasteiger partial charge in [0.2, 0.25) is 11.8 Å². The van der Waals surface area contributed by atoms with Gasteiger partial charge >= 0.3 is 0 Å². The van der Waals surface area contributed by atoms with Gasteiger partial charge in [0.25, 0.3) is 0 Å². The van der Waals surface area contributed by atoms with Crippen LogP contribution in [0.1, 0.15) is 37.7 Å². The van der Waals surface area contributed by atoms with Gasteiger partial charge in [0.05, 0.1) is 16.6 Å². The number of nitrogens with zero attached hydrogens (tertiary/aromatic N) is 4. The number of piperidine rings is 1. The number of amides is 1. The Bertz CT molecular complexity index is 1120. The normalized spacial score (nSPS) is 21.1. The zero-order valence-corrected chi connectivity index (χ0v) is 19.0. The lowest BCUT2D eigenvalue weighted by atomic mass is 9.89. The van der Waals surface area contributed by atoms with Crippen molar-refractivity contribution in [3.63, 3.8) is 0 Å². The Balaban J connectivity index is 1.42. The zero-order valence-electron chi connectivity index (χ0n) is 19.0. The molecule has 0 saturated carbocycles. The highest BCUT2D eigenvalue weighted by atomic mass is 16.5. The summed E-state index contributed by atoms with van der Waals surface area (Å²) in [6.07, 6.45) is 4.74. The number of ether oxygens (including phenoxy) is 1. The highest BCUT2D eigenvalue weighted by Gasteiger charge is 2.29. The maximum Gasteiger partial charge on any atom is 0.225 e. The van der Waals surface area contributed by atoms with Gasteiger partial charge in [-0.2, -0.15) is 5.10 Å². The molecule has 1 N–H and O–H groups in total. The molecule has 2 atom stereocenters. The average molecular weight is 434 g/mol. The molecule has 1 amide bonds. The molecule has 2 aromatic heterocycles. The molecular formula is C25H31N5O2. The number of carbonyl (C=O) groups is 1. The molecule has 2 saturated heterocycles. The summed E-state index contributed by atoms with van der Waals surface area (Å²) in [6, 6.07) is 10.8. The van der Waals surface area contributed by atoms with Crippen molar-refractivity contribution in [2.75, 3.05) is 26.7 Å². The number of nitrogens with one attached hydrogen (secondary N) is 1. The second-order valence-electron chi connectivity index (χ2n) is 9.34. The SMILES string of the molecule is CC(Oc1nc(-c2ccc(C3CCN(C)CC3)cc2)cc2nn(C)cc12)C1CNC(=O)C1. The van der Waals surface area contributed by atoms with Gasteiger partial charge in [0.1, 0.15) is 6.10 Å². The largest absolute Gasteiger partial charge is 0.474 e. The summed E-state index contributed by atoms with van der Waals surface area (Å²) < 4.78 is 8.09. The van der Waals surface area contributed by atoms with Gasteiger partial charge in [-0.1, -0.05) is 24.3 Å². The summed E-state index contributed by atoms with van der Waals surface area (Å²) in [7, 11) is 4.10. The van der Waals surface area contributed by atoms with Gasteiger partial charge in [0, 0.05) is 37.7 Å². The summed E-state index contributed by atoms with van der Waals surface area (Å²) in [5, 5.41) is 8.38. The fraction of sp³-hybridized carbons (Fsp3) is 0.480.